The van der Waals surface area contributed by atoms with Crippen LogP contribution in [0.25, 0.3) is 0 Å². The van der Waals surface area contributed by atoms with Crippen molar-refractivity contribution < 1.29 is 0 Å². The number of rotatable bonds is 7. The van der Waals surface area contributed by atoms with Gasteiger partial charge in [-0.25, -0.2) is 4.98 Å². The average molecular weight is 363 g/mol. The lowest BCUT2D eigenvalue weighted by Crippen LogP contribution is -2.26. The van der Waals surface area contributed by atoms with Crippen molar-refractivity contribution in [2.24, 2.45) is 0 Å². The number of aryl methyl sites for hydroxylation is 1. The van der Waals surface area contributed by atoms with E-state index < -0.39 is 0 Å². The molecule has 0 saturated heterocycles. The monoisotopic (exact) mass is 362 g/mol. The van der Waals surface area contributed by atoms with E-state index >= 15 is 0 Å². The summed E-state index contributed by atoms with van der Waals surface area (Å²) in [4.78, 5) is 11.3. The zero-order chi connectivity index (χ0) is 15.9. The molecule has 0 aliphatic rings. The first kappa shape index (κ1) is 16.7. The zero-order valence-corrected chi connectivity index (χ0v) is 15.0. The molecule has 1 aromatic heterocycles. The molecule has 5 heteroatoms. The third-order valence-corrected chi connectivity index (χ3v) is 3.98. The summed E-state index contributed by atoms with van der Waals surface area (Å²) in [5, 5.41) is 3.28. The van der Waals surface area contributed by atoms with E-state index in [-0.39, 0.29) is 0 Å². The van der Waals surface area contributed by atoms with Crippen LogP contribution >= 0.6 is 15.9 Å². The minimum absolute atomic E-state index is 0.624. The molecule has 0 saturated carbocycles. The van der Waals surface area contributed by atoms with Crippen molar-refractivity contribution in [2.75, 3.05) is 23.3 Å². The van der Waals surface area contributed by atoms with Crippen LogP contribution in [0.15, 0.2) is 34.9 Å². The van der Waals surface area contributed by atoms with E-state index in [4.69, 9.17) is 0 Å². The van der Waals surface area contributed by atoms with Crippen LogP contribution in [0.1, 0.15) is 32.3 Å². The highest BCUT2D eigenvalue weighted by atomic mass is 79.9. The van der Waals surface area contributed by atoms with Crippen LogP contribution < -0.4 is 10.2 Å². The predicted octanol–water partition coefficient (Wildman–Crippen LogP) is 4.92. The Morgan fingerprint density at radius 1 is 1.14 bits per heavy atom. The van der Waals surface area contributed by atoms with Crippen molar-refractivity contribution in [3.63, 3.8) is 0 Å². The first-order chi connectivity index (χ1) is 10.6. The fourth-order valence-electron chi connectivity index (χ4n) is 2.31. The maximum Gasteiger partial charge on any atom is 0.229 e. The molecule has 22 heavy (non-hydrogen) atoms. The topological polar surface area (TPSA) is 41.1 Å². The Kier molecular flexibility index (Phi) is 6.19. The SMILES string of the molecule is CCCN(CCC)c1ccnc(Nc2ccc(C)cc2Br)n1. The quantitative estimate of drug-likeness (QED) is 0.758. The largest absolute Gasteiger partial charge is 0.356 e. The van der Waals surface area contributed by atoms with Gasteiger partial charge < -0.3 is 10.2 Å². The van der Waals surface area contributed by atoms with Crippen LogP contribution in [0.4, 0.5) is 17.5 Å². The molecule has 2 aromatic rings. The average Bonchev–Trinajstić information content (AvgIpc) is 2.50. The molecular formula is C17H23BrN4. The predicted molar refractivity (Wildman–Crippen MR) is 97.0 cm³/mol. The Bertz CT molecular complexity index is 609. The lowest BCUT2D eigenvalue weighted by molar-refractivity contribution is 0.733. The van der Waals surface area contributed by atoms with Crippen molar-refractivity contribution in [3.05, 3.63) is 40.5 Å². The minimum atomic E-state index is 0.624. The van der Waals surface area contributed by atoms with Gasteiger partial charge in [0.2, 0.25) is 5.95 Å². The second kappa shape index (κ2) is 8.13. The maximum absolute atomic E-state index is 4.65. The fourth-order valence-corrected chi connectivity index (χ4v) is 2.90. The number of hydrogen-bond donors (Lipinski definition) is 1. The summed E-state index contributed by atoms with van der Waals surface area (Å²) in [6.45, 7) is 8.47. The van der Waals surface area contributed by atoms with E-state index in [9.17, 15) is 0 Å². The van der Waals surface area contributed by atoms with Gasteiger partial charge in [-0.3, -0.25) is 0 Å². The lowest BCUT2D eigenvalue weighted by atomic mass is 10.2. The van der Waals surface area contributed by atoms with Crippen LogP contribution in [0.5, 0.6) is 0 Å². The van der Waals surface area contributed by atoms with E-state index in [0.29, 0.717) is 5.95 Å². The molecule has 0 spiro atoms. The number of anilines is 3. The van der Waals surface area contributed by atoms with Gasteiger partial charge in [0.15, 0.2) is 0 Å². The standard InChI is InChI=1S/C17H23BrN4/c1-4-10-22(11-5-2)16-8-9-19-17(21-16)20-15-7-6-13(3)12-14(15)18/h6-9,12H,4-5,10-11H2,1-3H3,(H,19,20,21). The van der Waals surface area contributed by atoms with Crippen LogP contribution in [-0.2, 0) is 0 Å². The molecule has 2 rings (SSSR count). The van der Waals surface area contributed by atoms with Gasteiger partial charge in [-0.05, 0) is 59.5 Å². The molecule has 0 aliphatic carbocycles. The van der Waals surface area contributed by atoms with Gasteiger partial charge in [0, 0.05) is 23.8 Å². The lowest BCUT2D eigenvalue weighted by Gasteiger charge is -2.22. The Morgan fingerprint density at radius 2 is 1.86 bits per heavy atom. The highest BCUT2D eigenvalue weighted by Crippen LogP contribution is 2.26. The fraction of sp³-hybridized carbons (Fsp3) is 0.412. The highest BCUT2D eigenvalue weighted by Gasteiger charge is 2.08. The van der Waals surface area contributed by atoms with Gasteiger partial charge in [-0.1, -0.05) is 19.9 Å². The second-order valence-electron chi connectivity index (χ2n) is 5.33. The number of benzene rings is 1. The molecule has 118 valence electrons. The van der Waals surface area contributed by atoms with Crippen molar-refractivity contribution in [1.82, 2.24) is 9.97 Å². The summed E-state index contributed by atoms with van der Waals surface area (Å²) in [6.07, 6.45) is 4.03. The molecule has 1 heterocycles. The smallest absolute Gasteiger partial charge is 0.229 e. The molecule has 0 amide bonds. The van der Waals surface area contributed by atoms with E-state index in [1.54, 1.807) is 0 Å². The van der Waals surface area contributed by atoms with Crippen molar-refractivity contribution in [1.29, 1.82) is 0 Å². The van der Waals surface area contributed by atoms with E-state index in [2.05, 4.69) is 69.0 Å². The highest BCUT2D eigenvalue weighted by molar-refractivity contribution is 9.10. The van der Waals surface area contributed by atoms with Gasteiger partial charge in [0.1, 0.15) is 5.82 Å². The number of nitrogens with zero attached hydrogens (tertiary/aromatic N) is 3. The summed E-state index contributed by atoms with van der Waals surface area (Å²) in [5.41, 5.74) is 2.18. The molecule has 1 aromatic carbocycles. The minimum Gasteiger partial charge on any atom is -0.356 e. The summed E-state index contributed by atoms with van der Waals surface area (Å²) in [5.74, 6) is 1.60. The Morgan fingerprint density at radius 3 is 2.50 bits per heavy atom. The molecule has 0 fully saturated rings. The normalized spacial score (nSPS) is 10.5. The van der Waals surface area contributed by atoms with Gasteiger partial charge in [0.25, 0.3) is 0 Å². The molecular weight excluding hydrogens is 340 g/mol. The van der Waals surface area contributed by atoms with Gasteiger partial charge >= 0.3 is 0 Å². The summed E-state index contributed by atoms with van der Waals surface area (Å²) in [7, 11) is 0. The third-order valence-electron chi connectivity index (χ3n) is 3.32. The van der Waals surface area contributed by atoms with Gasteiger partial charge in [0.05, 0.1) is 5.69 Å². The molecule has 1 N–H and O–H groups in total. The van der Waals surface area contributed by atoms with Crippen molar-refractivity contribution >= 4 is 33.4 Å². The van der Waals surface area contributed by atoms with Gasteiger partial charge in [-0.2, -0.15) is 4.98 Å². The molecule has 4 nitrogen and oxygen atoms in total. The second-order valence-corrected chi connectivity index (χ2v) is 6.19. The van der Waals surface area contributed by atoms with Crippen molar-refractivity contribution in [2.45, 2.75) is 33.6 Å². The first-order valence-corrected chi connectivity index (χ1v) is 8.54. The number of hydrogen-bond acceptors (Lipinski definition) is 4. The van der Waals surface area contributed by atoms with Crippen molar-refractivity contribution in [3.8, 4) is 0 Å². The maximum atomic E-state index is 4.65. The van der Waals surface area contributed by atoms with E-state index in [0.717, 1.165) is 41.9 Å². The molecule has 0 unspecified atom stereocenters. The molecule has 0 atom stereocenters. The zero-order valence-electron chi connectivity index (χ0n) is 13.4. The number of aromatic nitrogens is 2. The van der Waals surface area contributed by atoms with Crippen LogP contribution in [0.3, 0.4) is 0 Å². The Balaban J connectivity index is 2.20. The van der Waals surface area contributed by atoms with Crippen LogP contribution in [0, 0.1) is 6.92 Å². The Labute approximate surface area is 141 Å². The Hall–Kier alpha value is -1.62. The molecule has 0 bridgehead atoms. The third kappa shape index (κ3) is 4.44. The molecule has 0 radical (unpaired) electrons. The van der Waals surface area contributed by atoms with Gasteiger partial charge in [-0.15, -0.1) is 0 Å². The number of nitrogens with one attached hydrogen (secondary N) is 1. The summed E-state index contributed by atoms with van der Waals surface area (Å²) in [6, 6.07) is 8.15. The molecule has 0 aliphatic heterocycles. The summed E-state index contributed by atoms with van der Waals surface area (Å²) < 4.78 is 1.01. The van der Waals surface area contributed by atoms with Crippen LogP contribution in [0.2, 0.25) is 0 Å². The van der Waals surface area contributed by atoms with Crippen LogP contribution in [-0.4, -0.2) is 23.1 Å². The van der Waals surface area contributed by atoms with E-state index in [1.807, 2.05) is 18.3 Å². The van der Waals surface area contributed by atoms with E-state index in [1.165, 1.54) is 5.56 Å². The first-order valence-electron chi connectivity index (χ1n) is 7.75. The number of halogens is 1. The summed E-state index contributed by atoms with van der Waals surface area (Å²) >= 11 is 3.57.